The van der Waals surface area contributed by atoms with Crippen molar-refractivity contribution in [1.82, 2.24) is 5.32 Å². The molecular formula is C16H29NO3. The minimum Gasteiger partial charge on any atom is -0.468 e. The molecule has 20 heavy (non-hydrogen) atoms. The average Bonchev–Trinajstić information content (AvgIpc) is 2.46. The molecule has 4 atom stereocenters. The Morgan fingerprint density at radius 3 is 2.60 bits per heavy atom. The van der Waals surface area contributed by atoms with Crippen molar-refractivity contribution in [3.63, 3.8) is 0 Å². The zero-order valence-corrected chi connectivity index (χ0v) is 13.1. The Hall–Kier alpha value is -0.610. The van der Waals surface area contributed by atoms with Crippen LogP contribution in [0.2, 0.25) is 0 Å². The van der Waals surface area contributed by atoms with E-state index < -0.39 is 5.54 Å². The molecule has 0 heterocycles. The lowest BCUT2D eigenvalue weighted by atomic mass is 9.79. The molecule has 0 aliphatic heterocycles. The van der Waals surface area contributed by atoms with E-state index in [-0.39, 0.29) is 12.1 Å². The van der Waals surface area contributed by atoms with E-state index in [9.17, 15) is 4.79 Å². The number of rotatable bonds is 4. The van der Waals surface area contributed by atoms with Gasteiger partial charge in [-0.2, -0.15) is 0 Å². The topological polar surface area (TPSA) is 47.6 Å². The van der Waals surface area contributed by atoms with E-state index in [1.807, 2.05) is 7.05 Å². The summed E-state index contributed by atoms with van der Waals surface area (Å²) in [5, 5.41) is 3.19. The first-order valence-corrected chi connectivity index (χ1v) is 8.02. The van der Waals surface area contributed by atoms with Crippen molar-refractivity contribution in [2.45, 2.75) is 76.0 Å². The second kappa shape index (κ2) is 6.90. The number of esters is 1. The van der Waals surface area contributed by atoms with Crippen LogP contribution in [0.5, 0.6) is 0 Å². The van der Waals surface area contributed by atoms with E-state index in [1.54, 1.807) is 0 Å². The van der Waals surface area contributed by atoms with Crippen molar-refractivity contribution >= 4 is 5.97 Å². The molecule has 1 N–H and O–H groups in total. The summed E-state index contributed by atoms with van der Waals surface area (Å²) in [4.78, 5) is 12.1. The van der Waals surface area contributed by atoms with Gasteiger partial charge in [-0.05, 0) is 45.1 Å². The molecule has 2 saturated carbocycles. The fourth-order valence-electron chi connectivity index (χ4n) is 3.82. The Balaban J connectivity index is 1.94. The smallest absolute Gasteiger partial charge is 0.326 e. The molecule has 2 fully saturated rings. The van der Waals surface area contributed by atoms with E-state index in [1.165, 1.54) is 32.8 Å². The van der Waals surface area contributed by atoms with Gasteiger partial charge in [-0.3, -0.25) is 4.79 Å². The highest BCUT2D eigenvalue weighted by molar-refractivity contribution is 5.80. The number of ether oxygens (including phenoxy) is 2. The lowest BCUT2D eigenvalue weighted by Gasteiger charge is -2.40. The third-order valence-corrected chi connectivity index (χ3v) is 5.03. The van der Waals surface area contributed by atoms with Gasteiger partial charge in [0.1, 0.15) is 5.54 Å². The van der Waals surface area contributed by atoms with Crippen LogP contribution >= 0.6 is 0 Å². The van der Waals surface area contributed by atoms with E-state index in [2.05, 4.69) is 12.2 Å². The molecule has 116 valence electrons. The predicted octanol–water partition coefficient (Wildman–Crippen LogP) is 2.66. The monoisotopic (exact) mass is 283 g/mol. The Labute approximate surface area is 122 Å². The quantitative estimate of drug-likeness (QED) is 0.806. The van der Waals surface area contributed by atoms with Crippen LogP contribution in [0.15, 0.2) is 0 Å². The Kier molecular flexibility index (Phi) is 5.44. The van der Waals surface area contributed by atoms with Crippen LogP contribution in [0.1, 0.15) is 58.3 Å². The molecule has 0 bridgehead atoms. The van der Waals surface area contributed by atoms with Crippen LogP contribution in [0.25, 0.3) is 0 Å². The van der Waals surface area contributed by atoms with Gasteiger partial charge in [0, 0.05) is 6.42 Å². The minimum atomic E-state index is -0.544. The lowest BCUT2D eigenvalue weighted by molar-refractivity contribution is -0.154. The molecule has 0 aromatic rings. The van der Waals surface area contributed by atoms with Gasteiger partial charge in [0.05, 0.1) is 19.3 Å². The Morgan fingerprint density at radius 1 is 1.20 bits per heavy atom. The third kappa shape index (κ3) is 3.53. The van der Waals surface area contributed by atoms with E-state index in [0.29, 0.717) is 6.10 Å². The fraction of sp³-hybridized carbons (Fsp3) is 0.938. The highest BCUT2D eigenvalue weighted by Crippen LogP contribution is 2.34. The van der Waals surface area contributed by atoms with Crippen LogP contribution in [0.3, 0.4) is 0 Å². The summed E-state index contributed by atoms with van der Waals surface area (Å²) >= 11 is 0. The Morgan fingerprint density at radius 2 is 1.95 bits per heavy atom. The zero-order chi connectivity index (χ0) is 14.6. The molecule has 2 aliphatic rings. The number of methoxy groups -OCH3 is 1. The van der Waals surface area contributed by atoms with Crippen LogP contribution in [0.4, 0.5) is 0 Å². The summed E-state index contributed by atoms with van der Waals surface area (Å²) in [7, 11) is 3.32. The molecule has 0 aromatic heterocycles. The SMILES string of the molecule is CNC1(C(=O)OC)CCCC(OC2CCCC(C)C2)C1. The molecule has 0 amide bonds. The van der Waals surface area contributed by atoms with Crippen molar-refractivity contribution in [3.05, 3.63) is 0 Å². The first-order chi connectivity index (χ1) is 9.59. The average molecular weight is 283 g/mol. The number of nitrogens with one attached hydrogen (secondary N) is 1. The van der Waals surface area contributed by atoms with Crippen molar-refractivity contribution in [2.24, 2.45) is 5.92 Å². The van der Waals surface area contributed by atoms with Gasteiger partial charge < -0.3 is 14.8 Å². The first kappa shape index (κ1) is 15.8. The van der Waals surface area contributed by atoms with E-state index in [4.69, 9.17) is 9.47 Å². The minimum absolute atomic E-state index is 0.148. The summed E-state index contributed by atoms with van der Waals surface area (Å²) in [5.41, 5.74) is -0.544. The molecule has 2 rings (SSSR count). The highest BCUT2D eigenvalue weighted by atomic mass is 16.5. The number of carbonyl (C=O) groups excluding carboxylic acids is 1. The van der Waals surface area contributed by atoms with Gasteiger partial charge in [-0.1, -0.05) is 19.8 Å². The maximum atomic E-state index is 12.1. The molecule has 0 saturated heterocycles. The summed E-state index contributed by atoms with van der Waals surface area (Å²) in [6, 6.07) is 0. The molecule has 0 spiro atoms. The van der Waals surface area contributed by atoms with Crippen molar-refractivity contribution in [2.75, 3.05) is 14.2 Å². The molecule has 0 aromatic carbocycles. The van der Waals surface area contributed by atoms with Crippen molar-refractivity contribution in [3.8, 4) is 0 Å². The normalized spacial score (nSPS) is 38.5. The second-order valence-electron chi connectivity index (χ2n) is 6.57. The number of likely N-dealkylation sites (N-methyl/N-ethyl adjacent to an activating group) is 1. The number of hydrogen-bond acceptors (Lipinski definition) is 4. The van der Waals surface area contributed by atoms with Crippen LogP contribution in [0, 0.1) is 5.92 Å². The van der Waals surface area contributed by atoms with Gasteiger partial charge in [0.25, 0.3) is 0 Å². The van der Waals surface area contributed by atoms with Gasteiger partial charge in [0.2, 0.25) is 0 Å². The molecular weight excluding hydrogens is 254 g/mol. The summed E-state index contributed by atoms with van der Waals surface area (Å²) in [6.45, 7) is 2.31. The summed E-state index contributed by atoms with van der Waals surface area (Å²) in [6.07, 6.45) is 9.17. The fourth-order valence-corrected chi connectivity index (χ4v) is 3.82. The van der Waals surface area contributed by atoms with Gasteiger partial charge in [0.15, 0.2) is 0 Å². The number of hydrogen-bond donors (Lipinski definition) is 1. The Bertz CT molecular complexity index is 334. The third-order valence-electron chi connectivity index (χ3n) is 5.03. The van der Waals surface area contributed by atoms with Crippen LogP contribution in [-0.2, 0) is 14.3 Å². The highest BCUT2D eigenvalue weighted by Gasteiger charge is 2.43. The van der Waals surface area contributed by atoms with E-state index >= 15 is 0 Å². The molecule has 4 heteroatoms. The zero-order valence-electron chi connectivity index (χ0n) is 13.1. The van der Waals surface area contributed by atoms with Crippen LogP contribution < -0.4 is 5.32 Å². The standard InChI is InChI=1S/C16H29NO3/c1-12-6-4-7-13(10-12)20-14-8-5-9-16(11-14,17-2)15(18)19-3/h12-14,17H,4-11H2,1-3H3. The molecule has 0 radical (unpaired) electrons. The van der Waals surface area contributed by atoms with Gasteiger partial charge >= 0.3 is 5.97 Å². The van der Waals surface area contributed by atoms with Crippen molar-refractivity contribution in [1.29, 1.82) is 0 Å². The summed E-state index contributed by atoms with van der Waals surface area (Å²) < 4.78 is 11.3. The largest absolute Gasteiger partial charge is 0.468 e. The molecule has 2 aliphatic carbocycles. The van der Waals surface area contributed by atoms with Gasteiger partial charge in [-0.25, -0.2) is 0 Å². The predicted molar refractivity (Wildman–Crippen MR) is 78.6 cm³/mol. The molecule has 4 nitrogen and oxygen atoms in total. The van der Waals surface area contributed by atoms with Crippen LogP contribution in [-0.4, -0.2) is 37.9 Å². The van der Waals surface area contributed by atoms with Gasteiger partial charge in [-0.15, -0.1) is 0 Å². The van der Waals surface area contributed by atoms with Crippen molar-refractivity contribution < 1.29 is 14.3 Å². The van der Waals surface area contributed by atoms with E-state index in [0.717, 1.165) is 31.6 Å². The maximum absolute atomic E-state index is 12.1. The lowest BCUT2D eigenvalue weighted by Crippen LogP contribution is -2.55. The number of carbonyl (C=O) groups is 1. The summed E-state index contributed by atoms with van der Waals surface area (Å²) in [5.74, 6) is 0.623. The molecule has 4 unspecified atom stereocenters. The first-order valence-electron chi connectivity index (χ1n) is 8.02. The second-order valence-corrected chi connectivity index (χ2v) is 6.57. The maximum Gasteiger partial charge on any atom is 0.326 e.